The fraction of sp³-hybridized carbons (Fsp3) is 0.125. The summed E-state index contributed by atoms with van der Waals surface area (Å²) in [6.45, 7) is 1.39. The smallest absolute Gasteiger partial charge is 0.243 e. The molecule has 0 unspecified atom stereocenters. The Labute approximate surface area is 128 Å². The number of carbonyl (C=O) groups is 2. The Bertz CT molecular complexity index is 626. The molecule has 1 N–H and O–H groups in total. The number of anilines is 1. The molecule has 2 aromatic rings. The van der Waals surface area contributed by atoms with Crippen molar-refractivity contribution < 1.29 is 9.59 Å². The Morgan fingerprint density at radius 2 is 1.67 bits per heavy atom. The van der Waals surface area contributed by atoms with Crippen LogP contribution in [0.5, 0.6) is 0 Å². The van der Waals surface area contributed by atoms with Gasteiger partial charge in [-0.25, -0.2) is 5.01 Å². The number of amides is 2. The third-order valence-electron chi connectivity index (χ3n) is 2.84. The van der Waals surface area contributed by atoms with Crippen molar-refractivity contribution in [2.75, 3.05) is 5.01 Å². The van der Waals surface area contributed by atoms with Crippen molar-refractivity contribution in [3.63, 3.8) is 0 Å². The number of hydrogen-bond donors (Lipinski definition) is 1. The van der Waals surface area contributed by atoms with Gasteiger partial charge in [0.15, 0.2) is 0 Å². The van der Waals surface area contributed by atoms with Crippen LogP contribution in [-0.4, -0.2) is 11.8 Å². The summed E-state index contributed by atoms with van der Waals surface area (Å²) in [6.07, 6.45) is 0.207. The average Bonchev–Trinajstić information content (AvgIpc) is 2.47. The number of carbonyl (C=O) groups excluding carboxylic acids is 2. The van der Waals surface area contributed by atoms with E-state index < -0.39 is 0 Å². The minimum absolute atomic E-state index is 0.207. The van der Waals surface area contributed by atoms with Gasteiger partial charge in [-0.2, -0.15) is 0 Å². The first-order chi connectivity index (χ1) is 10.1. The van der Waals surface area contributed by atoms with E-state index in [0.29, 0.717) is 10.7 Å². The third kappa shape index (κ3) is 4.33. The summed E-state index contributed by atoms with van der Waals surface area (Å²) in [5, 5.41) is 1.78. The summed E-state index contributed by atoms with van der Waals surface area (Å²) < 4.78 is 0. The number of nitrogens with one attached hydrogen (secondary N) is 1. The molecule has 0 aliphatic heterocycles. The van der Waals surface area contributed by atoms with E-state index in [0.717, 1.165) is 5.56 Å². The van der Waals surface area contributed by atoms with Gasteiger partial charge in [-0.05, 0) is 29.8 Å². The van der Waals surface area contributed by atoms with Gasteiger partial charge >= 0.3 is 0 Å². The second-order valence-corrected chi connectivity index (χ2v) is 4.96. The molecule has 2 rings (SSSR count). The zero-order valence-electron chi connectivity index (χ0n) is 11.5. The lowest BCUT2D eigenvalue weighted by molar-refractivity contribution is -0.124. The lowest BCUT2D eigenvalue weighted by Crippen LogP contribution is -2.46. The quantitative estimate of drug-likeness (QED) is 0.886. The van der Waals surface area contributed by atoms with Crippen LogP contribution in [0.1, 0.15) is 12.5 Å². The average molecular weight is 303 g/mol. The molecule has 108 valence electrons. The summed E-state index contributed by atoms with van der Waals surface area (Å²) in [6, 6.07) is 16.0. The Morgan fingerprint density at radius 3 is 2.24 bits per heavy atom. The molecule has 0 aliphatic carbocycles. The number of benzene rings is 2. The summed E-state index contributed by atoms with van der Waals surface area (Å²) >= 11 is 5.82. The van der Waals surface area contributed by atoms with Gasteiger partial charge in [-0.1, -0.05) is 41.9 Å². The predicted octanol–water partition coefficient (Wildman–Crippen LogP) is 2.97. The molecule has 0 heterocycles. The van der Waals surface area contributed by atoms with Crippen molar-refractivity contribution in [3.05, 3.63) is 65.2 Å². The maximum absolute atomic E-state index is 12.0. The minimum Gasteiger partial charge on any atom is -0.273 e. The minimum atomic E-state index is -0.279. The van der Waals surface area contributed by atoms with Gasteiger partial charge in [-0.15, -0.1) is 0 Å². The molecule has 5 heteroatoms. The third-order valence-corrected chi connectivity index (χ3v) is 3.10. The van der Waals surface area contributed by atoms with Crippen LogP contribution in [0.25, 0.3) is 0 Å². The second-order valence-electron chi connectivity index (χ2n) is 4.53. The molecule has 21 heavy (non-hydrogen) atoms. The van der Waals surface area contributed by atoms with Crippen molar-refractivity contribution in [3.8, 4) is 0 Å². The molecular weight excluding hydrogens is 288 g/mol. The maximum atomic E-state index is 12.0. The number of rotatable bonds is 3. The van der Waals surface area contributed by atoms with Crippen LogP contribution in [-0.2, 0) is 16.0 Å². The highest BCUT2D eigenvalue weighted by Crippen LogP contribution is 2.16. The number of halogens is 1. The molecule has 0 bridgehead atoms. The zero-order valence-corrected chi connectivity index (χ0v) is 12.3. The molecule has 2 amide bonds. The first kappa shape index (κ1) is 15.1. The molecule has 0 saturated carbocycles. The lowest BCUT2D eigenvalue weighted by Gasteiger charge is -2.22. The Hall–Kier alpha value is -2.33. The number of nitrogens with zero attached hydrogens (tertiary/aromatic N) is 1. The van der Waals surface area contributed by atoms with Gasteiger partial charge < -0.3 is 0 Å². The first-order valence-electron chi connectivity index (χ1n) is 6.46. The van der Waals surface area contributed by atoms with E-state index in [9.17, 15) is 9.59 Å². The molecular formula is C16H15ClN2O2. The molecule has 0 saturated heterocycles. The fourth-order valence-corrected chi connectivity index (χ4v) is 1.99. The van der Waals surface area contributed by atoms with Crippen LogP contribution >= 0.6 is 11.6 Å². The molecule has 0 spiro atoms. The molecule has 0 aliphatic rings. The van der Waals surface area contributed by atoms with E-state index in [-0.39, 0.29) is 18.2 Å². The maximum Gasteiger partial charge on any atom is 0.243 e. The van der Waals surface area contributed by atoms with Crippen LogP contribution in [0.4, 0.5) is 5.69 Å². The van der Waals surface area contributed by atoms with Crippen LogP contribution in [0.15, 0.2) is 54.6 Å². The van der Waals surface area contributed by atoms with Crippen LogP contribution in [0.3, 0.4) is 0 Å². The largest absolute Gasteiger partial charge is 0.273 e. The highest BCUT2D eigenvalue weighted by molar-refractivity contribution is 6.30. The standard InChI is InChI=1S/C16H15ClN2O2/c1-12(20)19(15-9-7-14(17)8-10-15)18-16(21)11-13-5-3-2-4-6-13/h2-10H,11H2,1H3,(H,18,21). The van der Waals surface area contributed by atoms with Crippen molar-refractivity contribution in [1.29, 1.82) is 0 Å². The van der Waals surface area contributed by atoms with E-state index in [1.165, 1.54) is 11.9 Å². The molecule has 0 fully saturated rings. The second kappa shape index (κ2) is 6.90. The highest BCUT2D eigenvalue weighted by atomic mass is 35.5. The Balaban J connectivity index is 2.08. The first-order valence-corrected chi connectivity index (χ1v) is 6.84. The van der Waals surface area contributed by atoms with Crippen LogP contribution < -0.4 is 10.4 Å². The summed E-state index contributed by atoms with van der Waals surface area (Å²) in [7, 11) is 0. The van der Waals surface area contributed by atoms with Crippen LogP contribution in [0, 0.1) is 0 Å². The molecule has 0 aromatic heterocycles. The van der Waals surface area contributed by atoms with Gasteiger partial charge in [0.05, 0.1) is 12.1 Å². The number of hydrazine groups is 1. The monoisotopic (exact) mass is 302 g/mol. The fourth-order valence-electron chi connectivity index (χ4n) is 1.86. The van der Waals surface area contributed by atoms with Gasteiger partial charge in [0.25, 0.3) is 0 Å². The van der Waals surface area contributed by atoms with E-state index >= 15 is 0 Å². The molecule has 0 radical (unpaired) electrons. The zero-order chi connectivity index (χ0) is 15.2. The van der Waals surface area contributed by atoms with E-state index in [4.69, 9.17) is 11.6 Å². The van der Waals surface area contributed by atoms with E-state index in [1.807, 2.05) is 30.3 Å². The van der Waals surface area contributed by atoms with E-state index in [2.05, 4.69) is 5.43 Å². The predicted molar refractivity (Wildman–Crippen MR) is 82.9 cm³/mol. The van der Waals surface area contributed by atoms with Crippen molar-refractivity contribution in [2.45, 2.75) is 13.3 Å². The van der Waals surface area contributed by atoms with Gasteiger partial charge in [0, 0.05) is 11.9 Å². The van der Waals surface area contributed by atoms with Crippen molar-refractivity contribution in [2.24, 2.45) is 0 Å². The topological polar surface area (TPSA) is 49.4 Å². The summed E-state index contributed by atoms with van der Waals surface area (Å²) in [5.74, 6) is -0.537. The van der Waals surface area contributed by atoms with E-state index in [1.54, 1.807) is 24.3 Å². The van der Waals surface area contributed by atoms with Gasteiger partial charge in [-0.3, -0.25) is 15.0 Å². The van der Waals surface area contributed by atoms with Crippen molar-refractivity contribution >= 4 is 29.1 Å². The lowest BCUT2D eigenvalue weighted by atomic mass is 10.1. The molecule has 2 aromatic carbocycles. The van der Waals surface area contributed by atoms with Crippen molar-refractivity contribution in [1.82, 2.24) is 5.43 Å². The summed E-state index contributed by atoms with van der Waals surface area (Å²) in [5.41, 5.74) is 4.05. The normalized spacial score (nSPS) is 10.0. The Morgan fingerprint density at radius 1 is 1.05 bits per heavy atom. The highest BCUT2D eigenvalue weighted by Gasteiger charge is 2.14. The Kier molecular flexibility index (Phi) is 4.95. The van der Waals surface area contributed by atoms with Gasteiger partial charge in [0.1, 0.15) is 0 Å². The van der Waals surface area contributed by atoms with Gasteiger partial charge in [0.2, 0.25) is 11.8 Å². The van der Waals surface area contributed by atoms with Crippen LogP contribution in [0.2, 0.25) is 5.02 Å². The number of hydrogen-bond acceptors (Lipinski definition) is 2. The SMILES string of the molecule is CC(=O)N(NC(=O)Cc1ccccc1)c1ccc(Cl)cc1. The molecule has 4 nitrogen and oxygen atoms in total. The summed E-state index contributed by atoms with van der Waals surface area (Å²) in [4.78, 5) is 23.7. The molecule has 0 atom stereocenters.